The lowest BCUT2D eigenvalue weighted by molar-refractivity contribution is -0.384. The van der Waals surface area contributed by atoms with Gasteiger partial charge in [0.1, 0.15) is 5.75 Å². The number of anilines is 1. The van der Waals surface area contributed by atoms with E-state index in [2.05, 4.69) is 14.9 Å². The highest BCUT2D eigenvalue weighted by molar-refractivity contribution is 5.45. The van der Waals surface area contributed by atoms with Crippen LogP contribution >= 0.6 is 0 Å². The Balaban J connectivity index is 1.50. The summed E-state index contributed by atoms with van der Waals surface area (Å²) >= 11 is 0. The van der Waals surface area contributed by atoms with E-state index in [0.29, 0.717) is 35.1 Å². The lowest BCUT2D eigenvalue weighted by Crippen LogP contribution is -2.46. The van der Waals surface area contributed by atoms with Crippen LogP contribution in [0.4, 0.5) is 11.6 Å². The van der Waals surface area contributed by atoms with E-state index in [-0.39, 0.29) is 5.69 Å². The summed E-state index contributed by atoms with van der Waals surface area (Å²) in [7, 11) is 0. The average Bonchev–Trinajstić information content (AvgIpc) is 2.86. The van der Waals surface area contributed by atoms with Crippen molar-refractivity contribution < 1.29 is 14.4 Å². The number of aryl methyl sites for hydroxylation is 1. The predicted octanol–water partition coefficient (Wildman–Crippen LogP) is 2.85. The first-order valence-electron chi connectivity index (χ1n) is 8.23. The van der Waals surface area contributed by atoms with Crippen molar-refractivity contribution in [3.05, 3.63) is 46.3 Å². The topological polar surface area (TPSA) is 90.6 Å². The van der Waals surface area contributed by atoms with Gasteiger partial charge in [-0.3, -0.25) is 10.1 Å². The molecule has 2 aromatic rings. The molecule has 2 fully saturated rings. The summed E-state index contributed by atoms with van der Waals surface area (Å²) in [5, 5.41) is 10.8. The second-order valence-electron chi connectivity index (χ2n) is 6.36. The van der Waals surface area contributed by atoms with Gasteiger partial charge in [0.2, 0.25) is 5.95 Å². The number of hydrogen-bond acceptors (Lipinski definition) is 7. The molecule has 0 N–H and O–H groups in total. The zero-order valence-corrected chi connectivity index (χ0v) is 13.8. The van der Waals surface area contributed by atoms with Gasteiger partial charge in [-0.2, -0.15) is 0 Å². The normalized spacial score (nSPS) is 22.0. The molecule has 2 bridgehead atoms. The summed E-state index contributed by atoms with van der Waals surface area (Å²) in [6, 6.07) is 5.19. The van der Waals surface area contributed by atoms with Crippen LogP contribution in [0, 0.1) is 17.0 Å². The molecule has 2 atom stereocenters. The Morgan fingerprint density at radius 2 is 1.92 bits per heavy atom. The zero-order chi connectivity index (χ0) is 17.4. The highest BCUT2D eigenvalue weighted by Crippen LogP contribution is 2.33. The molecule has 1 aromatic carbocycles. The number of ether oxygens (including phenoxy) is 2. The summed E-state index contributed by atoms with van der Waals surface area (Å²) in [5.74, 6) is 1.75. The lowest BCUT2D eigenvalue weighted by Gasteiger charge is -2.34. The van der Waals surface area contributed by atoms with Gasteiger partial charge in [0.05, 0.1) is 42.6 Å². The van der Waals surface area contributed by atoms with Crippen molar-refractivity contribution in [2.45, 2.75) is 31.8 Å². The first kappa shape index (κ1) is 15.8. The van der Waals surface area contributed by atoms with Gasteiger partial charge in [0.25, 0.3) is 5.69 Å². The van der Waals surface area contributed by atoms with Crippen molar-refractivity contribution in [3.8, 4) is 11.5 Å². The van der Waals surface area contributed by atoms with Gasteiger partial charge < -0.3 is 14.4 Å². The molecular formula is C17H18N4O4. The lowest BCUT2D eigenvalue weighted by atomic mass is 10.2. The number of morpholine rings is 1. The van der Waals surface area contributed by atoms with Gasteiger partial charge in [0, 0.05) is 12.1 Å². The molecule has 2 aliphatic rings. The van der Waals surface area contributed by atoms with Crippen LogP contribution < -0.4 is 9.64 Å². The molecule has 0 saturated carbocycles. The van der Waals surface area contributed by atoms with Crippen LogP contribution in [-0.4, -0.2) is 40.2 Å². The summed E-state index contributed by atoms with van der Waals surface area (Å²) in [6.45, 7) is 3.21. The highest BCUT2D eigenvalue weighted by atomic mass is 16.6. The molecule has 2 aliphatic heterocycles. The maximum atomic E-state index is 10.8. The van der Waals surface area contributed by atoms with E-state index in [1.54, 1.807) is 25.4 Å². The molecular weight excluding hydrogens is 324 g/mol. The van der Waals surface area contributed by atoms with E-state index >= 15 is 0 Å². The van der Waals surface area contributed by atoms with E-state index in [1.165, 1.54) is 12.1 Å². The van der Waals surface area contributed by atoms with Crippen LogP contribution in [-0.2, 0) is 4.74 Å². The van der Waals surface area contributed by atoms with Gasteiger partial charge in [-0.1, -0.05) is 0 Å². The Morgan fingerprint density at radius 1 is 1.24 bits per heavy atom. The smallest absolute Gasteiger partial charge is 0.269 e. The molecule has 0 amide bonds. The van der Waals surface area contributed by atoms with Gasteiger partial charge in [0.15, 0.2) is 5.75 Å². The van der Waals surface area contributed by atoms with Crippen LogP contribution in [0.15, 0.2) is 30.6 Å². The van der Waals surface area contributed by atoms with E-state index in [9.17, 15) is 10.1 Å². The minimum absolute atomic E-state index is 0.0410. The second kappa shape index (κ2) is 6.29. The van der Waals surface area contributed by atoms with E-state index in [1.807, 2.05) is 0 Å². The van der Waals surface area contributed by atoms with Crippen molar-refractivity contribution in [3.63, 3.8) is 0 Å². The molecule has 25 heavy (non-hydrogen) atoms. The third-order valence-corrected chi connectivity index (χ3v) is 4.68. The fourth-order valence-electron chi connectivity index (χ4n) is 3.44. The Morgan fingerprint density at radius 3 is 2.52 bits per heavy atom. The van der Waals surface area contributed by atoms with E-state index in [4.69, 9.17) is 9.47 Å². The zero-order valence-electron chi connectivity index (χ0n) is 13.8. The number of benzene rings is 1. The number of aromatic nitrogens is 2. The number of rotatable bonds is 4. The molecule has 4 rings (SSSR count). The van der Waals surface area contributed by atoms with Gasteiger partial charge in [-0.15, -0.1) is 0 Å². The Bertz CT molecular complexity index is 780. The predicted molar refractivity (Wildman–Crippen MR) is 90.0 cm³/mol. The van der Waals surface area contributed by atoms with Gasteiger partial charge in [-0.05, 0) is 31.4 Å². The average molecular weight is 342 g/mol. The van der Waals surface area contributed by atoms with Crippen molar-refractivity contribution in [2.75, 3.05) is 18.1 Å². The minimum atomic E-state index is -0.425. The van der Waals surface area contributed by atoms with Crippen LogP contribution in [0.3, 0.4) is 0 Å². The largest absolute Gasteiger partial charge is 0.454 e. The highest BCUT2D eigenvalue weighted by Gasteiger charge is 2.38. The number of nitro benzene ring substituents is 1. The number of hydrogen-bond donors (Lipinski definition) is 0. The standard InChI is InChI=1S/C17H18N4O4/c1-11-6-12(21(22)23)4-5-16(11)25-15-7-18-17(19-8-15)20-13-2-3-14(20)10-24-9-13/h4-8,13-14H,2-3,9-10H2,1H3. The number of nitrogens with zero attached hydrogens (tertiary/aromatic N) is 4. The molecule has 130 valence electrons. The molecule has 1 aromatic heterocycles. The van der Waals surface area contributed by atoms with Crippen molar-refractivity contribution in [2.24, 2.45) is 0 Å². The number of non-ortho nitro benzene ring substituents is 1. The van der Waals surface area contributed by atoms with Crippen LogP contribution in [0.2, 0.25) is 0 Å². The molecule has 0 spiro atoms. The van der Waals surface area contributed by atoms with Gasteiger partial charge >= 0.3 is 0 Å². The first-order chi connectivity index (χ1) is 12.1. The summed E-state index contributed by atoms with van der Waals surface area (Å²) in [5.41, 5.74) is 0.726. The van der Waals surface area contributed by atoms with Crippen LogP contribution in [0.5, 0.6) is 11.5 Å². The van der Waals surface area contributed by atoms with E-state index < -0.39 is 4.92 Å². The molecule has 2 saturated heterocycles. The van der Waals surface area contributed by atoms with Crippen LogP contribution in [0.25, 0.3) is 0 Å². The third kappa shape index (κ3) is 3.00. The quantitative estimate of drug-likeness (QED) is 0.623. The third-order valence-electron chi connectivity index (χ3n) is 4.68. The SMILES string of the molecule is Cc1cc([N+](=O)[O-])ccc1Oc1cnc(N2C3CCC2COC3)nc1. The molecule has 2 unspecified atom stereocenters. The minimum Gasteiger partial charge on any atom is -0.454 e. The first-order valence-corrected chi connectivity index (χ1v) is 8.23. The summed E-state index contributed by atoms with van der Waals surface area (Å²) in [4.78, 5) is 21.5. The molecule has 8 nitrogen and oxygen atoms in total. The monoisotopic (exact) mass is 342 g/mol. The molecule has 8 heteroatoms. The molecule has 0 radical (unpaired) electrons. The van der Waals surface area contributed by atoms with E-state index in [0.717, 1.165) is 26.1 Å². The van der Waals surface area contributed by atoms with Crippen molar-refractivity contribution in [1.82, 2.24) is 9.97 Å². The molecule has 3 heterocycles. The Labute approximate surface area is 144 Å². The fraction of sp³-hybridized carbons (Fsp3) is 0.412. The summed E-state index contributed by atoms with van der Waals surface area (Å²) < 4.78 is 11.3. The molecule has 0 aliphatic carbocycles. The number of nitro groups is 1. The Kier molecular flexibility index (Phi) is 3.96. The maximum absolute atomic E-state index is 10.8. The number of fused-ring (bicyclic) bond motifs is 2. The van der Waals surface area contributed by atoms with Crippen molar-refractivity contribution in [1.29, 1.82) is 0 Å². The summed E-state index contributed by atoms with van der Waals surface area (Å²) in [6.07, 6.45) is 5.48. The maximum Gasteiger partial charge on any atom is 0.269 e. The Hall–Kier alpha value is -2.74. The van der Waals surface area contributed by atoms with Gasteiger partial charge in [-0.25, -0.2) is 9.97 Å². The second-order valence-corrected chi connectivity index (χ2v) is 6.36. The van der Waals surface area contributed by atoms with Crippen molar-refractivity contribution >= 4 is 11.6 Å². The fourth-order valence-corrected chi connectivity index (χ4v) is 3.44. The van der Waals surface area contributed by atoms with Crippen LogP contribution in [0.1, 0.15) is 18.4 Å².